The fourth-order valence-electron chi connectivity index (χ4n) is 1.88. The van der Waals surface area contributed by atoms with Crippen LogP contribution in [0.2, 0.25) is 0 Å². The number of fused-ring (bicyclic) bond motifs is 1. The summed E-state index contributed by atoms with van der Waals surface area (Å²) in [5.74, 6) is 0.549. The molecule has 84 valence electrons. The van der Waals surface area contributed by atoms with Crippen LogP contribution in [0, 0.1) is 0 Å². The van der Waals surface area contributed by atoms with Gasteiger partial charge in [0, 0.05) is 17.8 Å². The Hall–Kier alpha value is -2.36. The summed E-state index contributed by atoms with van der Waals surface area (Å²) in [6, 6.07) is 12.0. The van der Waals surface area contributed by atoms with Gasteiger partial charge in [-0.1, -0.05) is 12.1 Å². The molecule has 0 bridgehead atoms. The van der Waals surface area contributed by atoms with Crippen LogP contribution in [0.5, 0.6) is 0 Å². The maximum atomic E-state index is 5.58. The van der Waals surface area contributed by atoms with E-state index in [0.29, 0.717) is 5.82 Å². The van der Waals surface area contributed by atoms with E-state index in [1.807, 2.05) is 23.0 Å². The Morgan fingerprint density at radius 3 is 2.94 bits per heavy atom. The van der Waals surface area contributed by atoms with Crippen LogP contribution >= 0.6 is 0 Å². The van der Waals surface area contributed by atoms with Crippen molar-refractivity contribution in [1.82, 2.24) is 14.8 Å². The normalized spacial score (nSPS) is 10.8. The van der Waals surface area contributed by atoms with Crippen LogP contribution < -0.4 is 5.73 Å². The van der Waals surface area contributed by atoms with Gasteiger partial charge in [-0.25, -0.2) is 0 Å². The topological polar surface area (TPSA) is 56.7 Å². The van der Waals surface area contributed by atoms with E-state index in [4.69, 9.17) is 5.73 Å². The Morgan fingerprint density at radius 2 is 2.12 bits per heavy atom. The smallest absolute Gasteiger partial charge is 0.145 e. The molecule has 3 rings (SSSR count). The molecule has 0 amide bonds. The molecule has 3 aromatic rings. The minimum Gasteiger partial charge on any atom is -0.382 e. The fourth-order valence-corrected chi connectivity index (χ4v) is 1.88. The number of nitrogens with zero attached hydrogens (tertiary/aromatic N) is 3. The number of hydrogen-bond donors (Lipinski definition) is 1. The van der Waals surface area contributed by atoms with Crippen LogP contribution in [0.4, 0.5) is 5.82 Å². The summed E-state index contributed by atoms with van der Waals surface area (Å²) in [4.78, 5) is 4.29. The van der Waals surface area contributed by atoms with E-state index in [2.05, 4.69) is 28.3 Å². The second kappa shape index (κ2) is 3.90. The first kappa shape index (κ1) is 9.84. The zero-order valence-electron chi connectivity index (χ0n) is 9.24. The van der Waals surface area contributed by atoms with Gasteiger partial charge in [-0.3, -0.25) is 9.67 Å². The van der Waals surface area contributed by atoms with Crippen molar-refractivity contribution < 1.29 is 0 Å². The van der Waals surface area contributed by atoms with Gasteiger partial charge in [-0.05, 0) is 29.8 Å². The van der Waals surface area contributed by atoms with E-state index < -0.39 is 0 Å². The van der Waals surface area contributed by atoms with Crippen molar-refractivity contribution in [3.63, 3.8) is 0 Å². The van der Waals surface area contributed by atoms with Gasteiger partial charge in [0.25, 0.3) is 0 Å². The van der Waals surface area contributed by atoms with E-state index in [-0.39, 0.29) is 0 Å². The minimum absolute atomic E-state index is 0.549. The summed E-state index contributed by atoms with van der Waals surface area (Å²) in [5, 5.41) is 5.31. The second-order valence-corrected chi connectivity index (χ2v) is 3.97. The molecule has 4 heteroatoms. The van der Waals surface area contributed by atoms with Crippen LogP contribution in [0.15, 0.2) is 48.8 Å². The first-order valence-electron chi connectivity index (χ1n) is 5.44. The summed E-state index contributed by atoms with van der Waals surface area (Å²) in [6.07, 6.45) is 3.68. The van der Waals surface area contributed by atoms with Gasteiger partial charge in [0.15, 0.2) is 0 Å². The Kier molecular flexibility index (Phi) is 2.26. The summed E-state index contributed by atoms with van der Waals surface area (Å²) >= 11 is 0. The average molecular weight is 224 g/mol. The Balaban J connectivity index is 1.95. The zero-order chi connectivity index (χ0) is 11.7. The van der Waals surface area contributed by atoms with Crippen molar-refractivity contribution >= 4 is 16.7 Å². The van der Waals surface area contributed by atoms with Gasteiger partial charge in [0.1, 0.15) is 5.82 Å². The summed E-state index contributed by atoms with van der Waals surface area (Å²) in [6.45, 7) is 0.724. The lowest BCUT2D eigenvalue weighted by atomic mass is 10.1. The van der Waals surface area contributed by atoms with Crippen molar-refractivity contribution in [1.29, 1.82) is 0 Å². The number of hydrogen-bond acceptors (Lipinski definition) is 3. The third-order valence-electron chi connectivity index (χ3n) is 2.67. The quantitative estimate of drug-likeness (QED) is 0.724. The Labute approximate surface area is 98.7 Å². The predicted octanol–water partition coefficient (Wildman–Crippen LogP) is 2.06. The lowest BCUT2D eigenvalue weighted by Crippen LogP contribution is -2.01. The zero-order valence-corrected chi connectivity index (χ0v) is 9.24. The molecule has 2 aromatic heterocycles. The molecule has 0 fully saturated rings. The van der Waals surface area contributed by atoms with E-state index in [0.717, 1.165) is 17.4 Å². The molecule has 0 aliphatic heterocycles. The van der Waals surface area contributed by atoms with Crippen LogP contribution in [-0.4, -0.2) is 14.8 Å². The fraction of sp³-hybridized carbons (Fsp3) is 0.0769. The van der Waals surface area contributed by atoms with Crippen LogP contribution in [0.3, 0.4) is 0 Å². The van der Waals surface area contributed by atoms with E-state index >= 15 is 0 Å². The molecule has 1 aromatic carbocycles. The monoisotopic (exact) mass is 224 g/mol. The summed E-state index contributed by atoms with van der Waals surface area (Å²) in [5.41, 5.74) is 7.78. The van der Waals surface area contributed by atoms with Crippen molar-refractivity contribution in [2.24, 2.45) is 0 Å². The number of aromatic nitrogens is 3. The second-order valence-electron chi connectivity index (χ2n) is 3.97. The molecule has 0 spiro atoms. The number of nitrogen functional groups attached to an aromatic ring is 1. The van der Waals surface area contributed by atoms with Gasteiger partial charge in [-0.2, -0.15) is 5.10 Å². The average Bonchev–Trinajstić information content (AvgIpc) is 2.75. The van der Waals surface area contributed by atoms with Gasteiger partial charge in [0.05, 0.1) is 12.1 Å². The lowest BCUT2D eigenvalue weighted by molar-refractivity contribution is 0.691. The largest absolute Gasteiger partial charge is 0.382 e. The molecule has 17 heavy (non-hydrogen) atoms. The molecule has 0 radical (unpaired) electrons. The molecule has 0 unspecified atom stereocenters. The first-order valence-corrected chi connectivity index (χ1v) is 5.44. The first-order chi connectivity index (χ1) is 8.31. The summed E-state index contributed by atoms with van der Waals surface area (Å²) in [7, 11) is 0. The van der Waals surface area contributed by atoms with E-state index in [9.17, 15) is 0 Å². The molecule has 0 atom stereocenters. The molecule has 0 aliphatic rings. The van der Waals surface area contributed by atoms with Crippen LogP contribution in [0.1, 0.15) is 5.56 Å². The van der Waals surface area contributed by atoms with Gasteiger partial charge in [0.2, 0.25) is 0 Å². The van der Waals surface area contributed by atoms with Gasteiger partial charge >= 0.3 is 0 Å². The number of benzene rings is 1. The molecule has 0 saturated carbocycles. The van der Waals surface area contributed by atoms with E-state index in [1.54, 1.807) is 12.3 Å². The molecular weight excluding hydrogens is 212 g/mol. The molecule has 4 nitrogen and oxygen atoms in total. The minimum atomic E-state index is 0.549. The number of anilines is 1. The van der Waals surface area contributed by atoms with Crippen molar-refractivity contribution in [2.45, 2.75) is 6.54 Å². The van der Waals surface area contributed by atoms with Gasteiger partial charge in [-0.15, -0.1) is 0 Å². The third-order valence-corrected chi connectivity index (χ3v) is 2.67. The van der Waals surface area contributed by atoms with Crippen molar-refractivity contribution in [3.8, 4) is 0 Å². The van der Waals surface area contributed by atoms with Gasteiger partial charge < -0.3 is 5.73 Å². The highest BCUT2D eigenvalue weighted by Crippen LogP contribution is 2.14. The Morgan fingerprint density at radius 1 is 1.18 bits per heavy atom. The molecule has 0 saturated heterocycles. The van der Waals surface area contributed by atoms with Crippen molar-refractivity contribution in [3.05, 3.63) is 54.4 Å². The number of nitrogens with two attached hydrogens (primary N) is 1. The molecular formula is C13H12N4. The Bertz CT molecular complexity index is 657. The number of rotatable bonds is 2. The maximum Gasteiger partial charge on any atom is 0.145 e. The van der Waals surface area contributed by atoms with Crippen LogP contribution in [-0.2, 0) is 6.54 Å². The van der Waals surface area contributed by atoms with Crippen LogP contribution in [0.25, 0.3) is 10.9 Å². The number of pyridine rings is 1. The molecule has 2 heterocycles. The molecule has 2 N–H and O–H groups in total. The van der Waals surface area contributed by atoms with E-state index in [1.165, 1.54) is 5.56 Å². The summed E-state index contributed by atoms with van der Waals surface area (Å²) < 4.78 is 1.83. The highest BCUT2D eigenvalue weighted by Gasteiger charge is 1.99. The highest BCUT2D eigenvalue weighted by molar-refractivity contribution is 5.78. The third kappa shape index (κ3) is 1.97. The molecule has 0 aliphatic carbocycles. The maximum absolute atomic E-state index is 5.58. The lowest BCUT2D eigenvalue weighted by Gasteiger charge is -2.03. The SMILES string of the molecule is Nc1ccn(Cc2ccc3ncccc3c2)n1. The standard InChI is InChI=1S/C13H12N4/c14-13-5-7-17(16-13)9-10-3-4-12-11(8-10)2-1-6-15-12/h1-8H,9H2,(H2,14,16). The highest BCUT2D eigenvalue weighted by atomic mass is 15.3. The van der Waals surface area contributed by atoms with Crippen molar-refractivity contribution in [2.75, 3.05) is 5.73 Å². The predicted molar refractivity (Wildman–Crippen MR) is 67.5 cm³/mol.